The summed E-state index contributed by atoms with van der Waals surface area (Å²) in [5.74, 6) is 0. The summed E-state index contributed by atoms with van der Waals surface area (Å²) >= 11 is 1.65. The molecule has 2 nitrogen and oxygen atoms in total. The highest BCUT2D eigenvalue weighted by Gasteiger charge is 1.96. The van der Waals surface area contributed by atoms with Crippen LogP contribution in [0.25, 0.3) is 0 Å². The van der Waals surface area contributed by atoms with Gasteiger partial charge in [0.1, 0.15) is 0 Å². The molecule has 65 valence electrons. The van der Waals surface area contributed by atoms with E-state index in [1.165, 1.54) is 4.88 Å². The average molecular weight is 190 g/mol. The zero-order valence-electron chi connectivity index (χ0n) is 6.93. The van der Waals surface area contributed by atoms with Gasteiger partial charge in [0.05, 0.1) is 12.6 Å². The lowest BCUT2D eigenvalue weighted by molar-refractivity contribution is 0.768. The van der Waals surface area contributed by atoms with Gasteiger partial charge in [0.2, 0.25) is 0 Å². The van der Waals surface area contributed by atoms with Gasteiger partial charge in [-0.05, 0) is 23.6 Å². The van der Waals surface area contributed by atoms with Crippen molar-refractivity contribution in [2.45, 2.75) is 6.54 Å². The van der Waals surface area contributed by atoms with E-state index < -0.39 is 0 Å². The highest BCUT2D eigenvalue weighted by Crippen LogP contribution is 2.08. The van der Waals surface area contributed by atoms with E-state index in [9.17, 15) is 4.79 Å². The van der Waals surface area contributed by atoms with Crippen molar-refractivity contribution < 1.29 is 0 Å². The summed E-state index contributed by atoms with van der Waals surface area (Å²) in [5.41, 5.74) is -0.0732. The Bertz CT molecular complexity index is 430. The maximum atomic E-state index is 11.3. The van der Waals surface area contributed by atoms with Crippen molar-refractivity contribution in [3.05, 3.63) is 57.1 Å². The standard InChI is InChI=1S/C10H8NOS/c12-10-5-1-2-6-11(10)8-9-4-3-7-13-9/h1-4,6-7H,8H2. The molecule has 13 heavy (non-hydrogen) atoms. The van der Waals surface area contributed by atoms with Gasteiger partial charge >= 0.3 is 0 Å². The Balaban J connectivity index is 2.29. The summed E-state index contributed by atoms with van der Waals surface area (Å²) in [6.07, 6.45) is 1.78. The minimum atomic E-state index is -0.0732. The highest BCUT2D eigenvalue weighted by atomic mass is 32.1. The van der Waals surface area contributed by atoms with Gasteiger partial charge in [-0.15, -0.1) is 11.3 Å². The summed E-state index contributed by atoms with van der Waals surface area (Å²) in [5, 5.41) is 2.01. The highest BCUT2D eigenvalue weighted by molar-refractivity contribution is 7.09. The average Bonchev–Trinajstić information content (AvgIpc) is 2.61. The summed E-state index contributed by atoms with van der Waals surface area (Å²) in [4.78, 5) is 12.4. The maximum absolute atomic E-state index is 11.3. The van der Waals surface area contributed by atoms with Crippen LogP contribution in [0.3, 0.4) is 0 Å². The first-order valence-corrected chi connectivity index (χ1v) is 4.84. The normalized spacial score (nSPS) is 10.2. The molecule has 2 rings (SSSR count). The number of aromatic nitrogens is 1. The van der Waals surface area contributed by atoms with Crippen molar-refractivity contribution in [3.8, 4) is 0 Å². The molecule has 3 heteroatoms. The van der Waals surface area contributed by atoms with Crippen LogP contribution in [-0.2, 0) is 6.54 Å². The van der Waals surface area contributed by atoms with Crippen molar-refractivity contribution in [2.24, 2.45) is 0 Å². The van der Waals surface area contributed by atoms with Crippen molar-refractivity contribution in [2.75, 3.05) is 0 Å². The third kappa shape index (κ3) is 1.87. The Morgan fingerprint density at radius 1 is 1.46 bits per heavy atom. The first kappa shape index (κ1) is 8.26. The van der Waals surface area contributed by atoms with E-state index in [4.69, 9.17) is 0 Å². The third-order valence-electron chi connectivity index (χ3n) is 1.74. The van der Waals surface area contributed by atoms with Crippen LogP contribution in [0.4, 0.5) is 0 Å². The lowest BCUT2D eigenvalue weighted by atomic mass is 10.4. The molecular weight excluding hydrogens is 182 g/mol. The molecule has 0 saturated carbocycles. The monoisotopic (exact) mass is 190 g/mol. The molecule has 0 aromatic carbocycles. The second-order valence-electron chi connectivity index (χ2n) is 2.66. The van der Waals surface area contributed by atoms with Gasteiger partial charge < -0.3 is 4.57 Å². The molecular formula is C10H8NOS. The maximum Gasteiger partial charge on any atom is 0.258 e. The van der Waals surface area contributed by atoms with Gasteiger partial charge in [-0.25, -0.2) is 0 Å². The van der Waals surface area contributed by atoms with Gasteiger partial charge in [0.25, 0.3) is 5.56 Å². The van der Waals surface area contributed by atoms with Crippen molar-refractivity contribution in [1.29, 1.82) is 0 Å². The molecule has 0 fully saturated rings. The number of hydrogen-bond acceptors (Lipinski definition) is 2. The Kier molecular flexibility index (Phi) is 2.27. The Labute approximate surface area is 80.1 Å². The quantitative estimate of drug-likeness (QED) is 0.707. The SMILES string of the molecule is O=c1[c]cccn1Cc1cccs1. The molecule has 0 saturated heterocycles. The molecule has 0 amide bonds. The van der Waals surface area contributed by atoms with Crippen molar-refractivity contribution in [3.63, 3.8) is 0 Å². The molecule has 2 aromatic rings. The zero-order chi connectivity index (χ0) is 9.10. The fraction of sp³-hybridized carbons (Fsp3) is 0.100. The first-order valence-electron chi connectivity index (χ1n) is 3.96. The van der Waals surface area contributed by atoms with E-state index in [-0.39, 0.29) is 5.56 Å². The van der Waals surface area contributed by atoms with Crippen LogP contribution in [0.2, 0.25) is 0 Å². The lowest BCUT2D eigenvalue weighted by Gasteiger charge is -2.00. The zero-order valence-corrected chi connectivity index (χ0v) is 7.75. The van der Waals surface area contributed by atoms with Crippen molar-refractivity contribution in [1.82, 2.24) is 4.57 Å². The van der Waals surface area contributed by atoms with E-state index >= 15 is 0 Å². The molecule has 0 aliphatic carbocycles. The third-order valence-corrected chi connectivity index (χ3v) is 2.60. The Morgan fingerprint density at radius 2 is 2.38 bits per heavy atom. The van der Waals surface area contributed by atoms with Crippen molar-refractivity contribution >= 4 is 11.3 Å². The fourth-order valence-corrected chi connectivity index (χ4v) is 1.81. The van der Waals surface area contributed by atoms with E-state index in [2.05, 4.69) is 6.07 Å². The van der Waals surface area contributed by atoms with Crippen LogP contribution in [0.5, 0.6) is 0 Å². The van der Waals surface area contributed by atoms with E-state index in [1.54, 1.807) is 28.2 Å². The second kappa shape index (κ2) is 3.58. The van der Waals surface area contributed by atoms with E-state index in [0.717, 1.165) is 0 Å². The second-order valence-corrected chi connectivity index (χ2v) is 3.70. The van der Waals surface area contributed by atoms with Crippen LogP contribution >= 0.6 is 11.3 Å². The minimum Gasteiger partial charge on any atom is -0.310 e. The lowest BCUT2D eigenvalue weighted by Crippen LogP contribution is -2.18. The number of pyridine rings is 1. The molecule has 0 aliphatic rings. The summed E-state index contributed by atoms with van der Waals surface area (Å²) in [6, 6.07) is 10.1. The van der Waals surface area contributed by atoms with Crippen LogP contribution in [0.15, 0.2) is 40.6 Å². The number of thiophene rings is 1. The van der Waals surface area contributed by atoms with Gasteiger partial charge in [-0.2, -0.15) is 0 Å². The fourth-order valence-electron chi connectivity index (χ4n) is 1.11. The van der Waals surface area contributed by atoms with Gasteiger partial charge in [-0.1, -0.05) is 6.07 Å². The summed E-state index contributed by atoms with van der Waals surface area (Å²) in [6.45, 7) is 0.647. The van der Waals surface area contributed by atoms with E-state index in [0.29, 0.717) is 6.54 Å². The van der Waals surface area contributed by atoms with Gasteiger partial charge in [0, 0.05) is 11.1 Å². The Hall–Kier alpha value is -1.35. The minimum absolute atomic E-state index is 0.0732. The summed E-state index contributed by atoms with van der Waals surface area (Å²) in [7, 11) is 0. The molecule has 0 unspecified atom stereocenters. The number of hydrogen-bond donors (Lipinski definition) is 0. The smallest absolute Gasteiger partial charge is 0.258 e. The molecule has 2 aromatic heterocycles. The number of nitrogens with zero attached hydrogens (tertiary/aromatic N) is 1. The predicted octanol–water partition coefficient (Wildman–Crippen LogP) is 1.76. The van der Waals surface area contributed by atoms with Crippen LogP contribution < -0.4 is 5.56 Å². The summed E-state index contributed by atoms with van der Waals surface area (Å²) < 4.78 is 1.64. The van der Waals surface area contributed by atoms with Crippen LogP contribution in [0.1, 0.15) is 4.88 Å². The molecule has 1 radical (unpaired) electrons. The van der Waals surface area contributed by atoms with Crippen LogP contribution in [-0.4, -0.2) is 4.57 Å². The predicted molar refractivity (Wildman–Crippen MR) is 53.0 cm³/mol. The topological polar surface area (TPSA) is 22.0 Å². The molecule has 0 bridgehead atoms. The molecule has 0 N–H and O–H groups in total. The number of rotatable bonds is 2. The Morgan fingerprint density at radius 3 is 3.08 bits per heavy atom. The molecule has 0 aliphatic heterocycles. The first-order chi connectivity index (χ1) is 6.36. The largest absolute Gasteiger partial charge is 0.310 e. The van der Waals surface area contributed by atoms with Gasteiger partial charge in [0.15, 0.2) is 0 Å². The molecule has 0 spiro atoms. The molecule has 0 atom stereocenters. The van der Waals surface area contributed by atoms with Gasteiger partial charge in [-0.3, -0.25) is 4.79 Å². The molecule has 2 heterocycles. The van der Waals surface area contributed by atoms with Crippen LogP contribution in [0, 0.1) is 6.07 Å². The van der Waals surface area contributed by atoms with E-state index in [1.807, 2.05) is 23.6 Å².